The van der Waals surface area contributed by atoms with Crippen molar-refractivity contribution in [3.05, 3.63) is 77.9 Å². The van der Waals surface area contributed by atoms with Gasteiger partial charge in [0.05, 0.1) is 17.8 Å². The summed E-state index contributed by atoms with van der Waals surface area (Å²) in [7, 11) is 0. The molecule has 6 heteroatoms. The molecule has 1 aromatic heterocycles. The predicted octanol–water partition coefficient (Wildman–Crippen LogP) is 4.52. The van der Waals surface area contributed by atoms with Crippen molar-refractivity contribution in [3.8, 4) is 16.9 Å². The maximum Gasteiger partial charge on any atom is 0.257 e. The number of benzene rings is 2. The molecule has 1 saturated heterocycles. The van der Waals surface area contributed by atoms with Crippen LogP contribution in [0.1, 0.15) is 28.8 Å². The number of pyridine rings is 1. The molecule has 0 spiro atoms. The Morgan fingerprint density at radius 1 is 1.06 bits per heavy atom. The molecule has 2 aliphatic rings. The molecule has 3 aromatic rings. The summed E-state index contributed by atoms with van der Waals surface area (Å²) in [5.74, 6) is 0.236. The molecule has 0 radical (unpaired) electrons. The second-order valence-electron chi connectivity index (χ2n) is 7.98. The van der Waals surface area contributed by atoms with Crippen LogP contribution < -0.4 is 9.64 Å². The number of ether oxygens (including phenoxy) is 1. The van der Waals surface area contributed by atoms with Gasteiger partial charge in [-0.05, 0) is 48.2 Å². The highest BCUT2D eigenvalue weighted by Crippen LogP contribution is 2.41. The van der Waals surface area contributed by atoms with Crippen LogP contribution in [0.15, 0.2) is 60.9 Å². The standard InChI is InChI=1S/C25H24FN3O2/c26-22-8-2-1-7-20(22)19-14-21(25(30)28-10-3-4-11-28)24-23(15-19)29(12-13-31-24)17-18-6-5-9-27-16-18/h1-2,5-9,14-16H,3-4,10-13,17H2. The monoisotopic (exact) mass is 417 g/mol. The molecule has 0 unspecified atom stereocenters. The Bertz CT molecular complexity index is 1100. The largest absolute Gasteiger partial charge is 0.489 e. The van der Waals surface area contributed by atoms with Crippen LogP contribution in [-0.4, -0.2) is 42.0 Å². The molecule has 0 N–H and O–H groups in total. The van der Waals surface area contributed by atoms with Crippen LogP contribution >= 0.6 is 0 Å². The van der Waals surface area contributed by atoms with Crippen molar-refractivity contribution in [3.63, 3.8) is 0 Å². The molecule has 0 saturated carbocycles. The van der Waals surface area contributed by atoms with Crippen LogP contribution in [0, 0.1) is 5.82 Å². The molecule has 0 atom stereocenters. The number of aromatic nitrogens is 1. The zero-order valence-electron chi connectivity index (χ0n) is 17.3. The van der Waals surface area contributed by atoms with Crippen LogP contribution in [0.4, 0.5) is 10.1 Å². The van der Waals surface area contributed by atoms with Crippen molar-refractivity contribution in [2.24, 2.45) is 0 Å². The number of carbonyl (C=O) groups excluding carboxylic acids is 1. The lowest BCUT2D eigenvalue weighted by Gasteiger charge is -2.33. The number of nitrogens with zero attached hydrogens (tertiary/aromatic N) is 3. The summed E-state index contributed by atoms with van der Waals surface area (Å²) in [6.45, 7) is 3.31. The first-order valence-corrected chi connectivity index (χ1v) is 10.7. The predicted molar refractivity (Wildman–Crippen MR) is 118 cm³/mol. The minimum absolute atomic E-state index is 0.0461. The average Bonchev–Trinajstić information content (AvgIpc) is 3.34. The highest BCUT2D eigenvalue weighted by atomic mass is 19.1. The zero-order chi connectivity index (χ0) is 21.2. The first kappa shape index (κ1) is 19.5. The van der Waals surface area contributed by atoms with Crippen molar-refractivity contribution < 1.29 is 13.9 Å². The van der Waals surface area contributed by atoms with Crippen molar-refractivity contribution in [1.29, 1.82) is 0 Å². The number of halogens is 1. The van der Waals surface area contributed by atoms with Crippen LogP contribution in [0.2, 0.25) is 0 Å². The fourth-order valence-electron chi connectivity index (χ4n) is 4.35. The number of fused-ring (bicyclic) bond motifs is 1. The number of hydrogen-bond acceptors (Lipinski definition) is 4. The molecule has 5 rings (SSSR count). The lowest BCUT2D eigenvalue weighted by atomic mass is 9.98. The van der Waals surface area contributed by atoms with Crippen LogP contribution in [-0.2, 0) is 6.54 Å². The smallest absolute Gasteiger partial charge is 0.257 e. The van der Waals surface area contributed by atoms with E-state index in [1.165, 1.54) is 6.07 Å². The van der Waals surface area contributed by atoms with Gasteiger partial charge in [0.15, 0.2) is 5.75 Å². The number of carbonyl (C=O) groups is 1. The van der Waals surface area contributed by atoms with Gasteiger partial charge in [-0.15, -0.1) is 0 Å². The summed E-state index contributed by atoms with van der Waals surface area (Å²) in [6, 6.07) is 14.3. The summed E-state index contributed by atoms with van der Waals surface area (Å²) < 4.78 is 20.7. The molecular weight excluding hydrogens is 393 g/mol. The highest BCUT2D eigenvalue weighted by Gasteiger charge is 2.29. The third-order valence-corrected chi connectivity index (χ3v) is 5.92. The molecule has 1 amide bonds. The molecule has 31 heavy (non-hydrogen) atoms. The first-order valence-electron chi connectivity index (χ1n) is 10.7. The Morgan fingerprint density at radius 3 is 2.68 bits per heavy atom. The Hall–Kier alpha value is -3.41. The van der Waals surface area contributed by atoms with Crippen LogP contribution in [0.3, 0.4) is 0 Å². The average molecular weight is 417 g/mol. The Labute approximate surface area is 181 Å². The Kier molecular flexibility index (Phi) is 5.28. The highest BCUT2D eigenvalue weighted by molar-refractivity contribution is 6.01. The van der Waals surface area contributed by atoms with E-state index in [4.69, 9.17) is 4.74 Å². The first-order chi connectivity index (χ1) is 15.2. The number of amides is 1. The van der Waals surface area contributed by atoms with Gasteiger partial charge in [0.1, 0.15) is 12.4 Å². The Morgan fingerprint density at radius 2 is 1.90 bits per heavy atom. The van der Waals surface area contributed by atoms with E-state index in [1.807, 2.05) is 35.4 Å². The third-order valence-electron chi connectivity index (χ3n) is 5.92. The molecule has 1 fully saturated rings. The fraction of sp³-hybridized carbons (Fsp3) is 0.280. The number of hydrogen-bond donors (Lipinski definition) is 0. The minimum atomic E-state index is -0.308. The second-order valence-corrected chi connectivity index (χ2v) is 7.98. The zero-order valence-corrected chi connectivity index (χ0v) is 17.3. The topological polar surface area (TPSA) is 45.7 Å². The van der Waals surface area contributed by atoms with Gasteiger partial charge in [-0.2, -0.15) is 0 Å². The number of rotatable bonds is 4. The summed E-state index contributed by atoms with van der Waals surface area (Å²) in [4.78, 5) is 21.6. The lowest BCUT2D eigenvalue weighted by Crippen LogP contribution is -2.34. The number of likely N-dealkylation sites (tertiary alicyclic amines) is 1. The fourth-order valence-corrected chi connectivity index (χ4v) is 4.35. The van der Waals surface area contributed by atoms with E-state index in [9.17, 15) is 9.18 Å². The van der Waals surface area contributed by atoms with Crippen LogP contribution in [0.5, 0.6) is 5.75 Å². The van der Waals surface area contributed by atoms with Gasteiger partial charge in [0.25, 0.3) is 5.91 Å². The van der Waals surface area contributed by atoms with Crippen molar-refractivity contribution in [2.75, 3.05) is 31.1 Å². The summed E-state index contributed by atoms with van der Waals surface area (Å²) in [6.07, 6.45) is 5.61. The van der Waals surface area contributed by atoms with E-state index in [0.29, 0.717) is 42.1 Å². The van der Waals surface area contributed by atoms with E-state index in [0.717, 1.165) is 37.2 Å². The molecule has 3 heterocycles. The van der Waals surface area contributed by atoms with Crippen LogP contribution in [0.25, 0.3) is 11.1 Å². The van der Waals surface area contributed by atoms with Gasteiger partial charge in [-0.1, -0.05) is 24.3 Å². The summed E-state index contributed by atoms with van der Waals surface area (Å²) in [5, 5.41) is 0. The quantitative estimate of drug-likeness (QED) is 0.626. The molecule has 2 aliphatic heterocycles. The van der Waals surface area contributed by atoms with Gasteiger partial charge in [0, 0.05) is 37.6 Å². The van der Waals surface area contributed by atoms with Gasteiger partial charge < -0.3 is 14.5 Å². The molecule has 158 valence electrons. The van der Waals surface area contributed by atoms with Crippen molar-refractivity contribution in [1.82, 2.24) is 9.88 Å². The molecular formula is C25H24FN3O2. The lowest BCUT2D eigenvalue weighted by molar-refractivity contribution is 0.0788. The van der Waals surface area contributed by atoms with Gasteiger partial charge >= 0.3 is 0 Å². The van der Waals surface area contributed by atoms with E-state index in [2.05, 4.69) is 9.88 Å². The Balaban J connectivity index is 1.62. The second kappa shape index (κ2) is 8.38. The van der Waals surface area contributed by atoms with E-state index < -0.39 is 0 Å². The van der Waals surface area contributed by atoms with Crippen molar-refractivity contribution >= 4 is 11.6 Å². The maximum atomic E-state index is 14.6. The molecule has 0 bridgehead atoms. The van der Waals surface area contributed by atoms with Gasteiger partial charge in [-0.3, -0.25) is 9.78 Å². The summed E-state index contributed by atoms with van der Waals surface area (Å²) >= 11 is 0. The minimum Gasteiger partial charge on any atom is -0.489 e. The summed E-state index contributed by atoms with van der Waals surface area (Å²) in [5.41, 5.74) is 3.56. The SMILES string of the molecule is O=C(c1cc(-c2ccccc2F)cc2c1OCCN2Cc1cccnc1)N1CCCC1. The molecule has 0 aliphatic carbocycles. The van der Waals surface area contributed by atoms with E-state index >= 15 is 0 Å². The number of anilines is 1. The maximum absolute atomic E-state index is 14.6. The molecule has 5 nitrogen and oxygen atoms in total. The van der Waals surface area contributed by atoms with E-state index in [-0.39, 0.29) is 11.7 Å². The molecule has 2 aromatic carbocycles. The van der Waals surface area contributed by atoms with E-state index in [1.54, 1.807) is 24.4 Å². The third kappa shape index (κ3) is 3.85. The van der Waals surface area contributed by atoms with Gasteiger partial charge in [0.2, 0.25) is 0 Å². The normalized spacial score (nSPS) is 15.5. The van der Waals surface area contributed by atoms with Gasteiger partial charge in [-0.25, -0.2) is 4.39 Å². The van der Waals surface area contributed by atoms with Crippen molar-refractivity contribution in [2.45, 2.75) is 19.4 Å².